The standard InChI is InChI=1S/C20H34N2O2.C6H6/c1-4-22(9-10-23)13-15(2)5-7-18-12-21-20-8-6-17(14-24)11-19(20)16(18)3;1-2-4-6-5-3-1/h6,8,11,15-16,18,21,23-24H,4-5,7,9-10,12-14H2,1-3H3;1-6H. The van der Waals surface area contributed by atoms with Gasteiger partial charge in [-0.15, -0.1) is 0 Å². The van der Waals surface area contributed by atoms with Gasteiger partial charge in [-0.05, 0) is 54.3 Å². The zero-order valence-corrected chi connectivity index (χ0v) is 18.9. The average Bonchev–Trinajstić information content (AvgIpc) is 2.79. The summed E-state index contributed by atoms with van der Waals surface area (Å²) < 4.78 is 0. The Labute approximate surface area is 182 Å². The number of hydrogen-bond acceptors (Lipinski definition) is 4. The van der Waals surface area contributed by atoms with E-state index in [-0.39, 0.29) is 13.2 Å². The van der Waals surface area contributed by atoms with Crippen LogP contribution in [0.1, 0.15) is 50.7 Å². The lowest BCUT2D eigenvalue weighted by Crippen LogP contribution is -2.32. The van der Waals surface area contributed by atoms with E-state index in [0.29, 0.717) is 17.8 Å². The van der Waals surface area contributed by atoms with E-state index in [1.54, 1.807) is 0 Å². The Bertz CT molecular complexity index is 681. The van der Waals surface area contributed by atoms with Gasteiger partial charge in [-0.25, -0.2) is 0 Å². The number of fused-ring (bicyclic) bond motifs is 1. The van der Waals surface area contributed by atoms with Crippen LogP contribution in [-0.4, -0.2) is 47.9 Å². The summed E-state index contributed by atoms with van der Waals surface area (Å²) in [6.45, 7) is 11.0. The lowest BCUT2D eigenvalue weighted by molar-refractivity contribution is 0.179. The van der Waals surface area contributed by atoms with Gasteiger partial charge in [0.2, 0.25) is 0 Å². The van der Waals surface area contributed by atoms with Gasteiger partial charge >= 0.3 is 0 Å². The summed E-state index contributed by atoms with van der Waals surface area (Å²) in [5.41, 5.74) is 3.57. The van der Waals surface area contributed by atoms with Crippen LogP contribution >= 0.6 is 0 Å². The molecule has 4 heteroatoms. The van der Waals surface area contributed by atoms with Gasteiger partial charge in [-0.1, -0.05) is 69.3 Å². The third-order valence-corrected chi connectivity index (χ3v) is 6.18. The highest BCUT2D eigenvalue weighted by molar-refractivity contribution is 5.56. The molecule has 1 aliphatic rings. The molecule has 2 aromatic rings. The summed E-state index contributed by atoms with van der Waals surface area (Å²) in [6.07, 6.45) is 2.43. The Morgan fingerprint density at radius 3 is 2.33 bits per heavy atom. The molecule has 1 aliphatic heterocycles. The molecule has 3 rings (SSSR count). The van der Waals surface area contributed by atoms with Crippen LogP contribution in [0.4, 0.5) is 5.69 Å². The van der Waals surface area contributed by atoms with Crippen molar-refractivity contribution in [3.63, 3.8) is 0 Å². The molecule has 166 valence electrons. The summed E-state index contributed by atoms with van der Waals surface area (Å²) in [5, 5.41) is 22.1. The van der Waals surface area contributed by atoms with Crippen molar-refractivity contribution in [3.8, 4) is 0 Å². The number of hydrogen-bond donors (Lipinski definition) is 3. The van der Waals surface area contributed by atoms with E-state index in [1.165, 1.54) is 24.1 Å². The fourth-order valence-electron chi connectivity index (χ4n) is 4.21. The number of likely N-dealkylation sites (N-methyl/N-ethyl adjacent to an activating group) is 1. The highest BCUT2D eigenvalue weighted by atomic mass is 16.3. The molecular weight excluding hydrogens is 372 g/mol. The molecule has 0 amide bonds. The molecule has 0 fully saturated rings. The maximum atomic E-state index is 9.38. The van der Waals surface area contributed by atoms with Crippen molar-refractivity contribution in [2.75, 3.05) is 38.1 Å². The van der Waals surface area contributed by atoms with Crippen LogP contribution in [0, 0.1) is 11.8 Å². The smallest absolute Gasteiger partial charge is 0.0681 e. The molecule has 0 saturated carbocycles. The second kappa shape index (κ2) is 13.4. The second-order valence-corrected chi connectivity index (χ2v) is 8.46. The first kappa shape index (κ1) is 24.4. The third-order valence-electron chi connectivity index (χ3n) is 6.18. The molecule has 0 aromatic heterocycles. The average molecular weight is 413 g/mol. The maximum absolute atomic E-state index is 9.38. The minimum atomic E-state index is 0.111. The number of benzene rings is 2. The van der Waals surface area contributed by atoms with Crippen molar-refractivity contribution in [3.05, 3.63) is 65.7 Å². The van der Waals surface area contributed by atoms with Crippen LogP contribution < -0.4 is 5.32 Å². The van der Waals surface area contributed by atoms with Gasteiger partial charge < -0.3 is 20.4 Å². The zero-order valence-electron chi connectivity index (χ0n) is 18.9. The van der Waals surface area contributed by atoms with E-state index in [2.05, 4.69) is 43.1 Å². The normalized spacial score (nSPS) is 18.7. The highest BCUT2D eigenvalue weighted by Crippen LogP contribution is 2.38. The monoisotopic (exact) mass is 412 g/mol. The maximum Gasteiger partial charge on any atom is 0.0681 e. The molecule has 1 heterocycles. The highest BCUT2D eigenvalue weighted by Gasteiger charge is 2.26. The van der Waals surface area contributed by atoms with E-state index in [9.17, 15) is 5.11 Å². The summed E-state index contributed by atoms with van der Waals surface area (Å²) in [6, 6.07) is 18.3. The summed E-state index contributed by atoms with van der Waals surface area (Å²) >= 11 is 0. The molecule has 3 unspecified atom stereocenters. The molecule has 2 aromatic carbocycles. The molecule has 0 saturated heterocycles. The first-order valence-corrected chi connectivity index (χ1v) is 11.4. The second-order valence-electron chi connectivity index (χ2n) is 8.46. The number of aliphatic hydroxyl groups excluding tert-OH is 2. The van der Waals surface area contributed by atoms with Crippen molar-refractivity contribution in [2.45, 2.75) is 46.1 Å². The fraction of sp³-hybridized carbons (Fsp3) is 0.538. The molecular formula is C26H40N2O2. The number of rotatable bonds is 9. The number of aliphatic hydroxyl groups is 2. The topological polar surface area (TPSA) is 55.7 Å². The molecule has 3 atom stereocenters. The van der Waals surface area contributed by atoms with Gasteiger partial charge in [0, 0.05) is 25.3 Å². The van der Waals surface area contributed by atoms with Crippen molar-refractivity contribution < 1.29 is 10.2 Å². The Morgan fingerprint density at radius 2 is 1.77 bits per heavy atom. The SMILES string of the molecule is CCN(CCO)CC(C)CCC1CNc2ccc(CO)cc2C1C.c1ccccc1. The van der Waals surface area contributed by atoms with E-state index >= 15 is 0 Å². The largest absolute Gasteiger partial charge is 0.395 e. The van der Waals surface area contributed by atoms with Crippen molar-refractivity contribution in [1.82, 2.24) is 4.90 Å². The van der Waals surface area contributed by atoms with E-state index in [0.717, 1.165) is 31.7 Å². The molecule has 4 nitrogen and oxygen atoms in total. The predicted octanol–water partition coefficient (Wildman–Crippen LogP) is 4.74. The minimum absolute atomic E-state index is 0.111. The van der Waals surface area contributed by atoms with Crippen molar-refractivity contribution >= 4 is 5.69 Å². The van der Waals surface area contributed by atoms with Crippen LogP contribution in [-0.2, 0) is 6.61 Å². The summed E-state index contributed by atoms with van der Waals surface area (Å²) in [4.78, 5) is 2.33. The van der Waals surface area contributed by atoms with Crippen LogP contribution in [0.2, 0.25) is 0 Å². The first-order chi connectivity index (χ1) is 14.6. The number of nitrogens with one attached hydrogen (secondary N) is 1. The Kier molecular flexibility index (Phi) is 10.9. The molecule has 0 radical (unpaired) electrons. The molecule has 3 N–H and O–H groups in total. The van der Waals surface area contributed by atoms with Gasteiger partial charge in [-0.3, -0.25) is 0 Å². The Balaban J connectivity index is 0.000000456. The van der Waals surface area contributed by atoms with Crippen molar-refractivity contribution in [1.29, 1.82) is 0 Å². The Morgan fingerprint density at radius 1 is 1.10 bits per heavy atom. The van der Waals surface area contributed by atoms with Crippen LogP contribution in [0.15, 0.2) is 54.6 Å². The van der Waals surface area contributed by atoms with Gasteiger partial charge in [0.05, 0.1) is 13.2 Å². The van der Waals surface area contributed by atoms with Crippen LogP contribution in [0.5, 0.6) is 0 Å². The van der Waals surface area contributed by atoms with Gasteiger partial charge in [0.15, 0.2) is 0 Å². The minimum Gasteiger partial charge on any atom is -0.395 e. The fourth-order valence-corrected chi connectivity index (χ4v) is 4.21. The van der Waals surface area contributed by atoms with Gasteiger partial charge in [0.1, 0.15) is 0 Å². The van der Waals surface area contributed by atoms with Crippen LogP contribution in [0.3, 0.4) is 0 Å². The quantitative estimate of drug-likeness (QED) is 0.557. The van der Waals surface area contributed by atoms with Gasteiger partial charge in [-0.2, -0.15) is 0 Å². The van der Waals surface area contributed by atoms with Crippen LogP contribution in [0.25, 0.3) is 0 Å². The van der Waals surface area contributed by atoms with Crippen molar-refractivity contribution in [2.24, 2.45) is 11.8 Å². The first-order valence-electron chi connectivity index (χ1n) is 11.4. The summed E-state index contributed by atoms with van der Waals surface area (Å²) in [7, 11) is 0. The summed E-state index contributed by atoms with van der Waals surface area (Å²) in [5.74, 6) is 1.82. The number of anilines is 1. The molecule has 0 bridgehead atoms. The van der Waals surface area contributed by atoms with E-state index < -0.39 is 0 Å². The lowest BCUT2D eigenvalue weighted by Gasteiger charge is -2.33. The number of nitrogens with zero attached hydrogens (tertiary/aromatic N) is 1. The zero-order chi connectivity index (χ0) is 21.8. The molecule has 30 heavy (non-hydrogen) atoms. The molecule has 0 aliphatic carbocycles. The van der Waals surface area contributed by atoms with E-state index in [4.69, 9.17) is 5.11 Å². The predicted molar refractivity (Wildman–Crippen MR) is 127 cm³/mol. The third kappa shape index (κ3) is 7.75. The Hall–Kier alpha value is -1.88. The van der Waals surface area contributed by atoms with E-state index in [1.807, 2.05) is 42.5 Å². The van der Waals surface area contributed by atoms with Gasteiger partial charge in [0.25, 0.3) is 0 Å². The molecule has 0 spiro atoms. The lowest BCUT2D eigenvalue weighted by atomic mass is 9.79.